The van der Waals surface area contributed by atoms with E-state index in [0.29, 0.717) is 13.0 Å². The first-order chi connectivity index (χ1) is 11.8. The zero-order valence-electron chi connectivity index (χ0n) is 13.6. The van der Waals surface area contributed by atoms with Crippen LogP contribution in [0.1, 0.15) is 30.4 Å². The van der Waals surface area contributed by atoms with Gasteiger partial charge in [-0.05, 0) is 35.6 Å². The van der Waals surface area contributed by atoms with Gasteiger partial charge in [0.1, 0.15) is 5.75 Å². The fraction of sp³-hybridized carbons (Fsp3) is 0.190. The maximum atomic E-state index is 12.3. The maximum absolute atomic E-state index is 12.3. The molecule has 4 rings (SSSR count). The molecule has 1 atom stereocenters. The number of amides is 1. The molecule has 3 aromatic rings. The molecule has 3 heteroatoms. The highest BCUT2D eigenvalue weighted by molar-refractivity contribution is 6.06. The number of fused-ring (bicyclic) bond motifs is 3. The molecular formula is C21H19NO2. The predicted molar refractivity (Wildman–Crippen MR) is 96.6 cm³/mol. The summed E-state index contributed by atoms with van der Waals surface area (Å²) in [5.41, 5.74) is 3.23. The van der Waals surface area contributed by atoms with Crippen molar-refractivity contribution in [3.63, 3.8) is 0 Å². The standard InChI is InChI=1S/C21H19NO2/c1-2-24-16-8-5-7-15(12-16)19-13-20(23)22-21-17-9-4-3-6-14(17)10-11-18(19)21/h3-12,19H,2,13H2,1H3,(H,22,23)/t19-/m1/s1. The Morgan fingerprint density at radius 2 is 1.96 bits per heavy atom. The van der Waals surface area contributed by atoms with Crippen LogP contribution >= 0.6 is 0 Å². The number of ether oxygens (including phenoxy) is 1. The van der Waals surface area contributed by atoms with E-state index in [1.165, 1.54) is 5.56 Å². The van der Waals surface area contributed by atoms with E-state index >= 15 is 0 Å². The third kappa shape index (κ3) is 2.52. The predicted octanol–water partition coefficient (Wildman–Crippen LogP) is 4.71. The summed E-state index contributed by atoms with van der Waals surface area (Å²) >= 11 is 0. The molecule has 1 aliphatic rings. The first kappa shape index (κ1) is 14.8. The summed E-state index contributed by atoms with van der Waals surface area (Å²) in [5.74, 6) is 0.966. The van der Waals surface area contributed by atoms with E-state index in [2.05, 4.69) is 35.6 Å². The molecule has 1 heterocycles. The summed E-state index contributed by atoms with van der Waals surface area (Å²) < 4.78 is 5.62. The Balaban J connectivity index is 1.86. The van der Waals surface area contributed by atoms with Crippen molar-refractivity contribution in [2.45, 2.75) is 19.3 Å². The molecule has 0 aliphatic carbocycles. The van der Waals surface area contributed by atoms with Gasteiger partial charge in [0.05, 0.1) is 12.3 Å². The van der Waals surface area contributed by atoms with Gasteiger partial charge < -0.3 is 10.1 Å². The van der Waals surface area contributed by atoms with Crippen molar-refractivity contribution in [2.24, 2.45) is 0 Å². The van der Waals surface area contributed by atoms with Gasteiger partial charge in [-0.25, -0.2) is 0 Å². The van der Waals surface area contributed by atoms with Crippen molar-refractivity contribution < 1.29 is 9.53 Å². The van der Waals surface area contributed by atoms with Gasteiger partial charge in [-0.3, -0.25) is 4.79 Å². The fourth-order valence-corrected chi connectivity index (χ4v) is 3.49. The third-order valence-corrected chi connectivity index (χ3v) is 4.56. The summed E-state index contributed by atoms with van der Waals surface area (Å²) in [4.78, 5) is 12.3. The molecule has 0 saturated carbocycles. The molecule has 3 aromatic carbocycles. The topological polar surface area (TPSA) is 38.3 Å². The number of hydrogen-bond acceptors (Lipinski definition) is 2. The van der Waals surface area contributed by atoms with Gasteiger partial charge in [0.2, 0.25) is 5.91 Å². The summed E-state index contributed by atoms with van der Waals surface area (Å²) in [6, 6.07) is 20.5. The van der Waals surface area contributed by atoms with E-state index in [1.54, 1.807) is 0 Å². The van der Waals surface area contributed by atoms with Crippen molar-refractivity contribution in [1.29, 1.82) is 0 Å². The summed E-state index contributed by atoms with van der Waals surface area (Å²) in [7, 11) is 0. The first-order valence-electron chi connectivity index (χ1n) is 8.30. The average Bonchev–Trinajstić information content (AvgIpc) is 2.61. The van der Waals surface area contributed by atoms with Gasteiger partial charge in [-0.2, -0.15) is 0 Å². The van der Waals surface area contributed by atoms with Crippen LogP contribution in [0.15, 0.2) is 60.7 Å². The van der Waals surface area contributed by atoms with Gasteiger partial charge in [0, 0.05) is 17.7 Å². The molecule has 0 unspecified atom stereocenters. The minimum atomic E-state index is 0.0544. The third-order valence-electron chi connectivity index (χ3n) is 4.56. The van der Waals surface area contributed by atoms with Crippen LogP contribution in [0.2, 0.25) is 0 Å². The lowest BCUT2D eigenvalue weighted by Gasteiger charge is -2.27. The number of hydrogen-bond donors (Lipinski definition) is 1. The highest BCUT2D eigenvalue weighted by Crippen LogP contribution is 2.41. The normalized spacial score (nSPS) is 16.5. The second kappa shape index (κ2) is 6.00. The van der Waals surface area contributed by atoms with Gasteiger partial charge >= 0.3 is 0 Å². The van der Waals surface area contributed by atoms with E-state index in [-0.39, 0.29) is 11.8 Å². The number of carbonyl (C=O) groups is 1. The van der Waals surface area contributed by atoms with E-state index in [4.69, 9.17) is 4.74 Å². The lowest BCUT2D eigenvalue weighted by atomic mass is 9.83. The van der Waals surface area contributed by atoms with Crippen molar-refractivity contribution in [3.05, 3.63) is 71.8 Å². The zero-order chi connectivity index (χ0) is 16.5. The Bertz CT molecular complexity index is 917. The van der Waals surface area contributed by atoms with E-state index < -0.39 is 0 Å². The van der Waals surface area contributed by atoms with Crippen molar-refractivity contribution in [2.75, 3.05) is 11.9 Å². The largest absolute Gasteiger partial charge is 0.494 e. The molecular weight excluding hydrogens is 298 g/mol. The molecule has 3 nitrogen and oxygen atoms in total. The fourth-order valence-electron chi connectivity index (χ4n) is 3.49. The minimum absolute atomic E-state index is 0.0544. The van der Waals surface area contributed by atoms with Crippen LogP contribution in [0.5, 0.6) is 5.75 Å². The summed E-state index contributed by atoms with van der Waals surface area (Å²) in [6.07, 6.45) is 0.459. The van der Waals surface area contributed by atoms with Crippen molar-refractivity contribution in [3.8, 4) is 5.75 Å². The lowest BCUT2D eigenvalue weighted by Crippen LogP contribution is -2.23. The van der Waals surface area contributed by atoms with Crippen LogP contribution in [-0.4, -0.2) is 12.5 Å². The Hall–Kier alpha value is -2.81. The first-order valence-corrected chi connectivity index (χ1v) is 8.30. The second-order valence-corrected chi connectivity index (χ2v) is 6.06. The van der Waals surface area contributed by atoms with Crippen molar-refractivity contribution in [1.82, 2.24) is 0 Å². The van der Waals surface area contributed by atoms with Gasteiger partial charge in [-0.1, -0.05) is 48.5 Å². The molecule has 0 bridgehead atoms. The monoisotopic (exact) mass is 317 g/mol. The summed E-state index contributed by atoms with van der Waals surface area (Å²) in [6.45, 7) is 2.61. The average molecular weight is 317 g/mol. The van der Waals surface area contributed by atoms with Gasteiger partial charge in [0.25, 0.3) is 0 Å². The van der Waals surface area contributed by atoms with Crippen LogP contribution < -0.4 is 10.1 Å². The molecule has 0 fully saturated rings. The number of anilines is 1. The van der Waals surface area contributed by atoms with Crippen molar-refractivity contribution >= 4 is 22.4 Å². The molecule has 1 amide bonds. The minimum Gasteiger partial charge on any atom is -0.494 e. The Morgan fingerprint density at radius 3 is 2.83 bits per heavy atom. The molecule has 0 spiro atoms. The lowest BCUT2D eigenvalue weighted by molar-refractivity contribution is -0.116. The van der Waals surface area contributed by atoms with E-state index in [1.807, 2.05) is 37.3 Å². The Kier molecular flexibility index (Phi) is 3.69. The molecule has 24 heavy (non-hydrogen) atoms. The molecule has 1 aliphatic heterocycles. The molecule has 120 valence electrons. The SMILES string of the molecule is CCOc1cccc([C@H]2CC(=O)Nc3c2ccc2ccccc32)c1. The smallest absolute Gasteiger partial charge is 0.225 e. The quantitative estimate of drug-likeness (QED) is 0.759. The van der Waals surface area contributed by atoms with Gasteiger partial charge in [0.15, 0.2) is 0 Å². The number of rotatable bonds is 3. The summed E-state index contributed by atoms with van der Waals surface area (Å²) in [5, 5.41) is 5.30. The van der Waals surface area contributed by atoms with Gasteiger partial charge in [-0.15, -0.1) is 0 Å². The van der Waals surface area contributed by atoms with Crippen LogP contribution in [0.3, 0.4) is 0 Å². The van der Waals surface area contributed by atoms with Crippen LogP contribution in [-0.2, 0) is 4.79 Å². The Labute approximate surface area is 141 Å². The van der Waals surface area contributed by atoms with E-state index in [9.17, 15) is 4.79 Å². The second-order valence-electron chi connectivity index (χ2n) is 6.06. The molecule has 1 N–H and O–H groups in total. The number of benzene rings is 3. The van der Waals surface area contributed by atoms with Crippen LogP contribution in [0, 0.1) is 0 Å². The van der Waals surface area contributed by atoms with Crippen LogP contribution in [0.25, 0.3) is 10.8 Å². The number of carbonyl (C=O) groups excluding carboxylic acids is 1. The highest BCUT2D eigenvalue weighted by Gasteiger charge is 2.27. The van der Waals surface area contributed by atoms with E-state index in [0.717, 1.165) is 27.8 Å². The molecule has 0 aromatic heterocycles. The Morgan fingerprint density at radius 1 is 1.08 bits per heavy atom. The highest BCUT2D eigenvalue weighted by atomic mass is 16.5. The van der Waals surface area contributed by atoms with Crippen LogP contribution in [0.4, 0.5) is 5.69 Å². The molecule has 0 radical (unpaired) electrons. The number of nitrogens with one attached hydrogen (secondary N) is 1. The zero-order valence-corrected chi connectivity index (χ0v) is 13.6. The molecule has 0 saturated heterocycles. The maximum Gasteiger partial charge on any atom is 0.225 e.